The van der Waals surface area contributed by atoms with Gasteiger partial charge < -0.3 is 0 Å². The van der Waals surface area contributed by atoms with Crippen LogP contribution in [0.25, 0.3) is 0 Å². The van der Waals surface area contributed by atoms with E-state index in [0.717, 1.165) is 6.42 Å². The van der Waals surface area contributed by atoms with Crippen LogP contribution in [0.3, 0.4) is 0 Å². The molecule has 0 fully saturated rings. The third-order valence-corrected chi connectivity index (χ3v) is 2.22. The molecule has 1 heteroatoms. The first-order valence-corrected chi connectivity index (χ1v) is 5.32. The van der Waals surface area contributed by atoms with Gasteiger partial charge in [0, 0.05) is 0 Å². The molecule has 0 aliphatic carbocycles. The summed E-state index contributed by atoms with van der Waals surface area (Å²) in [5.74, 6) is 0.556. The Kier molecular flexibility index (Phi) is 4.37. The lowest BCUT2D eigenvalue weighted by Crippen LogP contribution is -2.03. The van der Waals surface area contributed by atoms with Gasteiger partial charge in [-0.25, -0.2) is 0 Å². The van der Waals surface area contributed by atoms with E-state index < -0.39 is 0 Å². The summed E-state index contributed by atoms with van der Waals surface area (Å²) in [6.07, 6.45) is 3.02. The Morgan fingerprint density at radius 3 is 2.36 bits per heavy atom. The zero-order valence-electron chi connectivity index (χ0n) is 9.27. The average molecular weight is 189 g/mol. The maximum absolute atomic E-state index is 4.59. The molecule has 1 aromatic carbocycles. The molecular weight excluding hydrogens is 170 g/mol. The van der Waals surface area contributed by atoms with E-state index in [4.69, 9.17) is 0 Å². The second-order valence-corrected chi connectivity index (χ2v) is 3.84. The van der Waals surface area contributed by atoms with Crippen LogP contribution in [0.5, 0.6) is 0 Å². The van der Waals surface area contributed by atoms with E-state index in [9.17, 15) is 0 Å². The SMILES string of the molecule is CCC=NC(c1ccccc1)C(C)C. The highest BCUT2D eigenvalue weighted by Crippen LogP contribution is 2.25. The standard InChI is InChI=1S/C13H19N/c1-4-10-14-13(11(2)3)12-8-6-5-7-9-12/h5-11,13H,4H2,1-3H3. The molecule has 1 rings (SSSR count). The summed E-state index contributed by atoms with van der Waals surface area (Å²) in [6.45, 7) is 6.54. The van der Waals surface area contributed by atoms with Gasteiger partial charge in [0.2, 0.25) is 0 Å². The molecule has 0 amide bonds. The molecule has 76 valence electrons. The highest BCUT2D eigenvalue weighted by molar-refractivity contribution is 5.57. The highest BCUT2D eigenvalue weighted by atomic mass is 14.8. The first kappa shape index (κ1) is 11.0. The summed E-state index contributed by atoms with van der Waals surface area (Å²) in [7, 11) is 0. The van der Waals surface area contributed by atoms with Crippen LogP contribution < -0.4 is 0 Å². The largest absolute Gasteiger partial charge is 0.289 e. The first-order chi connectivity index (χ1) is 6.75. The predicted molar refractivity (Wildman–Crippen MR) is 62.8 cm³/mol. The summed E-state index contributed by atoms with van der Waals surface area (Å²) < 4.78 is 0. The maximum atomic E-state index is 4.59. The molecule has 1 unspecified atom stereocenters. The van der Waals surface area contributed by atoms with E-state index >= 15 is 0 Å². The topological polar surface area (TPSA) is 12.4 Å². The molecule has 0 radical (unpaired) electrons. The lowest BCUT2D eigenvalue weighted by atomic mass is 9.97. The molecule has 0 bridgehead atoms. The van der Waals surface area contributed by atoms with Crippen LogP contribution >= 0.6 is 0 Å². The van der Waals surface area contributed by atoms with Crippen molar-refractivity contribution in [3.63, 3.8) is 0 Å². The molecule has 0 saturated heterocycles. The fraction of sp³-hybridized carbons (Fsp3) is 0.462. The van der Waals surface area contributed by atoms with Crippen molar-refractivity contribution in [2.24, 2.45) is 10.9 Å². The van der Waals surface area contributed by atoms with Gasteiger partial charge in [0.15, 0.2) is 0 Å². The Bertz CT molecular complexity index is 275. The Hall–Kier alpha value is -1.11. The molecule has 0 N–H and O–H groups in total. The fourth-order valence-corrected chi connectivity index (χ4v) is 1.51. The van der Waals surface area contributed by atoms with E-state index in [-0.39, 0.29) is 0 Å². The number of nitrogens with zero attached hydrogens (tertiary/aromatic N) is 1. The van der Waals surface area contributed by atoms with Crippen molar-refractivity contribution >= 4 is 6.21 Å². The van der Waals surface area contributed by atoms with Gasteiger partial charge in [0.25, 0.3) is 0 Å². The van der Waals surface area contributed by atoms with E-state index in [2.05, 4.69) is 50.0 Å². The molecule has 0 aromatic heterocycles. The van der Waals surface area contributed by atoms with Crippen molar-refractivity contribution < 1.29 is 0 Å². The smallest absolute Gasteiger partial charge is 0.0767 e. The number of rotatable bonds is 4. The third-order valence-electron chi connectivity index (χ3n) is 2.22. The molecule has 0 aliphatic heterocycles. The molecule has 0 spiro atoms. The van der Waals surface area contributed by atoms with E-state index in [1.54, 1.807) is 0 Å². The molecule has 1 atom stereocenters. The van der Waals surface area contributed by atoms with E-state index in [0.29, 0.717) is 12.0 Å². The van der Waals surface area contributed by atoms with E-state index in [1.807, 2.05) is 12.3 Å². The van der Waals surface area contributed by atoms with Gasteiger partial charge in [-0.15, -0.1) is 0 Å². The van der Waals surface area contributed by atoms with Gasteiger partial charge in [-0.05, 0) is 24.1 Å². The van der Waals surface area contributed by atoms with Gasteiger partial charge >= 0.3 is 0 Å². The second kappa shape index (κ2) is 5.58. The third kappa shape index (κ3) is 2.99. The molecule has 1 nitrogen and oxygen atoms in total. The minimum atomic E-state index is 0.316. The molecule has 0 saturated carbocycles. The number of benzene rings is 1. The quantitative estimate of drug-likeness (QED) is 0.638. The fourth-order valence-electron chi connectivity index (χ4n) is 1.51. The Balaban J connectivity index is 2.83. The molecule has 1 aromatic rings. The Labute approximate surface area is 86.9 Å². The average Bonchev–Trinajstić information content (AvgIpc) is 2.19. The van der Waals surface area contributed by atoms with Gasteiger partial charge in [-0.1, -0.05) is 51.1 Å². The number of hydrogen-bond acceptors (Lipinski definition) is 1. The molecule has 0 aliphatic rings. The minimum Gasteiger partial charge on any atom is -0.289 e. The van der Waals surface area contributed by atoms with Crippen molar-refractivity contribution in [2.45, 2.75) is 33.2 Å². The van der Waals surface area contributed by atoms with Crippen molar-refractivity contribution in [3.05, 3.63) is 35.9 Å². The van der Waals surface area contributed by atoms with Gasteiger partial charge in [-0.3, -0.25) is 4.99 Å². The lowest BCUT2D eigenvalue weighted by molar-refractivity contribution is 0.518. The van der Waals surface area contributed by atoms with Crippen LogP contribution in [0.1, 0.15) is 38.8 Å². The normalized spacial score (nSPS) is 13.7. The van der Waals surface area contributed by atoms with Crippen molar-refractivity contribution in [2.75, 3.05) is 0 Å². The van der Waals surface area contributed by atoms with Crippen LogP contribution in [0, 0.1) is 5.92 Å². The summed E-state index contributed by atoms with van der Waals surface area (Å²) in [5.41, 5.74) is 1.31. The highest BCUT2D eigenvalue weighted by Gasteiger charge is 2.12. The van der Waals surface area contributed by atoms with Gasteiger partial charge in [-0.2, -0.15) is 0 Å². The zero-order valence-corrected chi connectivity index (χ0v) is 9.27. The van der Waals surface area contributed by atoms with Crippen molar-refractivity contribution in [1.29, 1.82) is 0 Å². The Morgan fingerprint density at radius 1 is 1.21 bits per heavy atom. The van der Waals surface area contributed by atoms with E-state index in [1.165, 1.54) is 5.56 Å². The lowest BCUT2D eigenvalue weighted by Gasteiger charge is -2.16. The van der Waals surface area contributed by atoms with Crippen LogP contribution in [-0.2, 0) is 0 Å². The first-order valence-electron chi connectivity index (χ1n) is 5.32. The maximum Gasteiger partial charge on any atom is 0.0767 e. The van der Waals surface area contributed by atoms with Gasteiger partial charge in [0.1, 0.15) is 0 Å². The van der Waals surface area contributed by atoms with Crippen LogP contribution in [-0.4, -0.2) is 6.21 Å². The van der Waals surface area contributed by atoms with Crippen molar-refractivity contribution in [3.8, 4) is 0 Å². The number of aliphatic imine (C=N–C) groups is 1. The predicted octanol–water partition coefficient (Wildman–Crippen LogP) is 3.86. The molecular formula is C13H19N. The second-order valence-electron chi connectivity index (χ2n) is 3.84. The summed E-state index contributed by atoms with van der Waals surface area (Å²) in [4.78, 5) is 4.59. The van der Waals surface area contributed by atoms with Crippen molar-refractivity contribution in [1.82, 2.24) is 0 Å². The number of hydrogen-bond donors (Lipinski definition) is 0. The molecule has 0 heterocycles. The van der Waals surface area contributed by atoms with Crippen LogP contribution in [0.2, 0.25) is 0 Å². The summed E-state index contributed by atoms with van der Waals surface area (Å²) >= 11 is 0. The van der Waals surface area contributed by atoms with Crippen LogP contribution in [0.4, 0.5) is 0 Å². The minimum absolute atomic E-state index is 0.316. The Morgan fingerprint density at radius 2 is 1.86 bits per heavy atom. The summed E-state index contributed by atoms with van der Waals surface area (Å²) in [5, 5.41) is 0. The summed E-state index contributed by atoms with van der Waals surface area (Å²) in [6, 6.07) is 10.8. The zero-order chi connectivity index (χ0) is 10.4. The molecule has 14 heavy (non-hydrogen) atoms. The van der Waals surface area contributed by atoms with Gasteiger partial charge in [0.05, 0.1) is 6.04 Å². The monoisotopic (exact) mass is 189 g/mol. The van der Waals surface area contributed by atoms with Crippen LogP contribution in [0.15, 0.2) is 35.3 Å².